The summed E-state index contributed by atoms with van der Waals surface area (Å²) < 4.78 is 0. The highest BCUT2D eigenvalue weighted by Crippen LogP contribution is 2.26. The van der Waals surface area contributed by atoms with Gasteiger partial charge in [0.05, 0.1) is 12.1 Å². The summed E-state index contributed by atoms with van der Waals surface area (Å²) in [7, 11) is 0. The SMILES string of the molecule is CC(C)c1ccc(C(C)NC(=O)C(C#N)C(C)(C)C)cc1. The Hall–Kier alpha value is -1.82. The number of nitriles is 1. The molecule has 0 aliphatic heterocycles. The lowest BCUT2D eigenvalue weighted by atomic mass is 9.81. The summed E-state index contributed by atoms with van der Waals surface area (Å²) in [4.78, 5) is 12.2. The van der Waals surface area contributed by atoms with Gasteiger partial charge >= 0.3 is 0 Å². The first-order valence-corrected chi connectivity index (χ1v) is 7.46. The van der Waals surface area contributed by atoms with Crippen molar-refractivity contribution in [1.82, 2.24) is 5.32 Å². The van der Waals surface area contributed by atoms with E-state index in [0.29, 0.717) is 5.92 Å². The number of rotatable bonds is 4. The van der Waals surface area contributed by atoms with Gasteiger partial charge in [-0.15, -0.1) is 0 Å². The van der Waals surface area contributed by atoms with Gasteiger partial charge in [0.2, 0.25) is 5.91 Å². The fraction of sp³-hybridized carbons (Fsp3) is 0.556. The van der Waals surface area contributed by atoms with E-state index < -0.39 is 5.92 Å². The Morgan fingerprint density at radius 1 is 1.10 bits per heavy atom. The zero-order valence-electron chi connectivity index (χ0n) is 13.9. The molecule has 1 rings (SSSR count). The molecule has 1 aromatic carbocycles. The second kappa shape index (κ2) is 6.76. The summed E-state index contributed by atoms with van der Waals surface area (Å²) >= 11 is 0. The molecule has 0 saturated heterocycles. The van der Waals surface area contributed by atoms with Crippen LogP contribution in [0.3, 0.4) is 0 Å². The number of nitrogens with zero attached hydrogens (tertiary/aromatic N) is 1. The lowest BCUT2D eigenvalue weighted by Crippen LogP contribution is -2.38. The smallest absolute Gasteiger partial charge is 0.238 e. The Morgan fingerprint density at radius 2 is 1.57 bits per heavy atom. The topological polar surface area (TPSA) is 52.9 Å². The van der Waals surface area contributed by atoms with Crippen LogP contribution in [-0.2, 0) is 4.79 Å². The van der Waals surface area contributed by atoms with E-state index >= 15 is 0 Å². The Kier molecular flexibility index (Phi) is 5.54. The molecule has 0 fully saturated rings. The van der Waals surface area contributed by atoms with Crippen molar-refractivity contribution in [3.05, 3.63) is 35.4 Å². The predicted octanol–water partition coefficient (Wildman–Crippen LogP) is 4.17. The number of nitrogens with one attached hydrogen (secondary N) is 1. The third kappa shape index (κ3) is 4.60. The molecular formula is C18H26N2O. The molecule has 0 saturated carbocycles. The highest BCUT2D eigenvalue weighted by molar-refractivity contribution is 5.82. The first-order valence-electron chi connectivity index (χ1n) is 7.46. The molecule has 3 nitrogen and oxygen atoms in total. The standard InChI is InChI=1S/C18H26N2O/c1-12(2)14-7-9-15(10-8-14)13(3)20-17(21)16(11-19)18(4,5)6/h7-10,12-13,16H,1-6H3,(H,20,21). The molecule has 0 radical (unpaired) electrons. The zero-order chi connectivity index (χ0) is 16.2. The minimum Gasteiger partial charge on any atom is -0.348 e. The second-order valence-electron chi connectivity index (χ2n) is 6.98. The Balaban J connectivity index is 2.79. The van der Waals surface area contributed by atoms with Gasteiger partial charge in [-0.25, -0.2) is 0 Å². The van der Waals surface area contributed by atoms with E-state index in [-0.39, 0.29) is 17.4 Å². The summed E-state index contributed by atoms with van der Waals surface area (Å²) in [5.74, 6) is -0.354. The number of carbonyl (C=O) groups excluding carboxylic acids is 1. The van der Waals surface area contributed by atoms with Crippen LogP contribution in [0.15, 0.2) is 24.3 Å². The first kappa shape index (κ1) is 17.2. The normalized spacial score (nSPS) is 14.4. The number of hydrogen-bond acceptors (Lipinski definition) is 2. The van der Waals surface area contributed by atoms with Crippen molar-refractivity contribution in [2.24, 2.45) is 11.3 Å². The van der Waals surface area contributed by atoms with Gasteiger partial charge in [0.1, 0.15) is 5.92 Å². The average molecular weight is 286 g/mol. The molecule has 0 aliphatic carbocycles. The molecule has 1 N–H and O–H groups in total. The van der Waals surface area contributed by atoms with Gasteiger partial charge in [0.15, 0.2) is 0 Å². The minimum atomic E-state index is -0.644. The van der Waals surface area contributed by atoms with Crippen molar-refractivity contribution in [1.29, 1.82) is 5.26 Å². The maximum atomic E-state index is 12.2. The van der Waals surface area contributed by atoms with Crippen LogP contribution in [0, 0.1) is 22.7 Å². The van der Waals surface area contributed by atoms with Crippen LogP contribution in [0.25, 0.3) is 0 Å². The summed E-state index contributed by atoms with van der Waals surface area (Å²) in [6, 6.07) is 10.3. The lowest BCUT2D eigenvalue weighted by molar-refractivity contribution is -0.126. The van der Waals surface area contributed by atoms with Crippen molar-refractivity contribution in [3.8, 4) is 6.07 Å². The van der Waals surface area contributed by atoms with E-state index in [4.69, 9.17) is 0 Å². The van der Waals surface area contributed by atoms with Gasteiger partial charge in [-0.2, -0.15) is 5.26 Å². The van der Waals surface area contributed by atoms with Crippen LogP contribution in [0.5, 0.6) is 0 Å². The lowest BCUT2D eigenvalue weighted by Gasteiger charge is -2.25. The summed E-state index contributed by atoms with van der Waals surface area (Å²) in [5.41, 5.74) is 1.97. The molecule has 2 atom stereocenters. The third-order valence-electron chi connectivity index (χ3n) is 3.72. The van der Waals surface area contributed by atoms with Crippen molar-refractivity contribution in [2.45, 2.75) is 53.5 Å². The van der Waals surface area contributed by atoms with Crippen LogP contribution in [0.4, 0.5) is 0 Å². The van der Waals surface area contributed by atoms with Gasteiger partial charge in [0, 0.05) is 0 Å². The summed E-state index contributed by atoms with van der Waals surface area (Å²) in [6.07, 6.45) is 0. The molecule has 0 spiro atoms. The molecule has 0 heterocycles. The van der Waals surface area contributed by atoms with Gasteiger partial charge in [-0.3, -0.25) is 4.79 Å². The molecular weight excluding hydrogens is 260 g/mol. The second-order valence-corrected chi connectivity index (χ2v) is 6.98. The molecule has 3 heteroatoms. The molecule has 1 amide bonds. The van der Waals surface area contributed by atoms with E-state index in [0.717, 1.165) is 5.56 Å². The molecule has 1 aromatic rings. The number of amides is 1. The van der Waals surface area contributed by atoms with Gasteiger partial charge in [-0.05, 0) is 29.4 Å². The van der Waals surface area contributed by atoms with Crippen molar-refractivity contribution in [2.75, 3.05) is 0 Å². The maximum Gasteiger partial charge on any atom is 0.238 e. The van der Waals surface area contributed by atoms with E-state index in [1.54, 1.807) is 0 Å². The Labute approximate surface area is 128 Å². The number of hydrogen-bond donors (Lipinski definition) is 1. The Morgan fingerprint density at radius 3 is 1.95 bits per heavy atom. The predicted molar refractivity (Wildman–Crippen MR) is 85.6 cm³/mol. The van der Waals surface area contributed by atoms with Gasteiger partial charge in [0.25, 0.3) is 0 Å². The molecule has 114 valence electrons. The highest BCUT2D eigenvalue weighted by Gasteiger charge is 2.31. The zero-order valence-corrected chi connectivity index (χ0v) is 13.9. The number of carbonyl (C=O) groups is 1. The maximum absolute atomic E-state index is 12.2. The molecule has 0 aromatic heterocycles. The largest absolute Gasteiger partial charge is 0.348 e. The molecule has 0 bridgehead atoms. The Bertz CT molecular complexity index is 518. The van der Waals surface area contributed by atoms with E-state index in [2.05, 4.69) is 37.4 Å². The monoisotopic (exact) mass is 286 g/mol. The third-order valence-corrected chi connectivity index (χ3v) is 3.72. The fourth-order valence-electron chi connectivity index (χ4n) is 2.20. The first-order chi connectivity index (χ1) is 9.66. The van der Waals surface area contributed by atoms with Gasteiger partial charge < -0.3 is 5.32 Å². The van der Waals surface area contributed by atoms with Crippen LogP contribution in [0.2, 0.25) is 0 Å². The molecule has 2 unspecified atom stereocenters. The highest BCUT2D eigenvalue weighted by atomic mass is 16.2. The van der Waals surface area contributed by atoms with Gasteiger partial charge in [-0.1, -0.05) is 58.9 Å². The summed E-state index contributed by atoms with van der Waals surface area (Å²) in [6.45, 7) is 12.0. The van der Waals surface area contributed by atoms with Crippen LogP contribution in [0.1, 0.15) is 64.6 Å². The van der Waals surface area contributed by atoms with Crippen LogP contribution >= 0.6 is 0 Å². The minimum absolute atomic E-state index is 0.100. The summed E-state index contributed by atoms with van der Waals surface area (Å²) in [5, 5.41) is 12.1. The van der Waals surface area contributed by atoms with Crippen molar-refractivity contribution in [3.63, 3.8) is 0 Å². The van der Waals surface area contributed by atoms with Crippen molar-refractivity contribution < 1.29 is 4.79 Å². The quantitative estimate of drug-likeness (QED) is 0.903. The number of benzene rings is 1. The van der Waals surface area contributed by atoms with E-state index in [9.17, 15) is 10.1 Å². The molecule has 0 aliphatic rings. The van der Waals surface area contributed by atoms with Crippen LogP contribution < -0.4 is 5.32 Å². The fourth-order valence-corrected chi connectivity index (χ4v) is 2.20. The average Bonchev–Trinajstić information content (AvgIpc) is 2.37. The van der Waals surface area contributed by atoms with Crippen molar-refractivity contribution >= 4 is 5.91 Å². The van der Waals surface area contributed by atoms with Crippen LogP contribution in [-0.4, -0.2) is 5.91 Å². The molecule has 21 heavy (non-hydrogen) atoms. The van der Waals surface area contributed by atoms with E-state index in [1.807, 2.05) is 39.8 Å². The van der Waals surface area contributed by atoms with E-state index in [1.165, 1.54) is 5.56 Å².